The van der Waals surface area contributed by atoms with Gasteiger partial charge in [0.2, 0.25) is 0 Å². The summed E-state index contributed by atoms with van der Waals surface area (Å²) in [5.41, 5.74) is -0.112. The van der Waals surface area contributed by atoms with Crippen LogP contribution in [0.25, 0.3) is 10.9 Å². The van der Waals surface area contributed by atoms with Gasteiger partial charge in [-0.15, -0.1) is 0 Å². The Morgan fingerprint density at radius 2 is 2.09 bits per heavy atom. The Labute approximate surface area is 149 Å². The predicted molar refractivity (Wildman–Crippen MR) is 100 cm³/mol. The van der Waals surface area contributed by atoms with Crippen LogP contribution in [0.15, 0.2) is 32.6 Å². The molecule has 126 valence electrons. The molecule has 0 unspecified atom stereocenters. The molecule has 0 atom stereocenters. The van der Waals surface area contributed by atoms with Crippen molar-refractivity contribution in [1.82, 2.24) is 9.55 Å². The summed E-state index contributed by atoms with van der Waals surface area (Å²) in [5.74, 6) is 0.495. The van der Waals surface area contributed by atoms with Crippen molar-refractivity contribution in [1.29, 1.82) is 0 Å². The standard InChI is InChI=1S/C17H23BrN2O2S/c1-4-5-6-9-20-15(21)13-10-12(18)7-8-14(13)19-16(20)23-11-17(2,3)22/h7-8,10,22H,4-6,9,11H2,1-3H3. The molecule has 0 aliphatic rings. The van der Waals surface area contributed by atoms with Crippen LogP contribution < -0.4 is 5.56 Å². The fraction of sp³-hybridized carbons (Fsp3) is 0.529. The van der Waals surface area contributed by atoms with Crippen LogP contribution in [0.2, 0.25) is 0 Å². The topological polar surface area (TPSA) is 55.1 Å². The minimum Gasteiger partial charge on any atom is -0.390 e. The van der Waals surface area contributed by atoms with Crippen LogP contribution in [-0.4, -0.2) is 26.0 Å². The summed E-state index contributed by atoms with van der Waals surface area (Å²) < 4.78 is 2.63. The fourth-order valence-electron chi connectivity index (χ4n) is 2.24. The lowest BCUT2D eigenvalue weighted by atomic mass is 10.2. The number of hydrogen-bond acceptors (Lipinski definition) is 4. The third kappa shape index (κ3) is 5.06. The summed E-state index contributed by atoms with van der Waals surface area (Å²) in [7, 11) is 0. The number of nitrogens with zero attached hydrogens (tertiary/aromatic N) is 2. The zero-order chi connectivity index (χ0) is 17.0. The van der Waals surface area contributed by atoms with Crippen molar-refractivity contribution in [3.8, 4) is 0 Å². The Balaban J connectivity index is 2.46. The monoisotopic (exact) mass is 398 g/mol. The van der Waals surface area contributed by atoms with Gasteiger partial charge in [0, 0.05) is 16.8 Å². The van der Waals surface area contributed by atoms with E-state index >= 15 is 0 Å². The molecular weight excluding hydrogens is 376 g/mol. The molecule has 1 heterocycles. The van der Waals surface area contributed by atoms with Crippen molar-refractivity contribution in [2.45, 2.75) is 57.3 Å². The molecule has 1 N–H and O–H groups in total. The van der Waals surface area contributed by atoms with E-state index in [1.807, 2.05) is 18.2 Å². The Bertz CT molecular complexity index is 738. The highest BCUT2D eigenvalue weighted by molar-refractivity contribution is 9.10. The van der Waals surface area contributed by atoms with Gasteiger partial charge in [-0.05, 0) is 38.5 Å². The number of benzene rings is 1. The van der Waals surface area contributed by atoms with Crippen LogP contribution in [0, 0.1) is 0 Å². The second-order valence-electron chi connectivity index (χ2n) is 6.32. The molecule has 0 spiro atoms. The second kappa shape index (κ2) is 7.81. The molecule has 23 heavy (non-hydrogen) atoms. The van der Waals surface area contributed by atoms with E-state index < -0.39 is 5.60 Å². The minimum absolute atomic E-state index is 0.00866. The van der Waals surface area contributed by atoms with Crippen molar-refractivity contribution < 1.29 is 5.11 Å². The van der Waals surface area contributed by atoms with Crippen molar-refractivity contribution in [2.24, 2.45) is 0 Å². The van der Waals surface area contributed by atoms with E-state index in [9.17, 15) is 9.90 Å². The van der Waals surface area contributed by atoms with Gasteiger partial charge in [0.25, 0.3) is 5.56 Å². The van der Waals surface area contributed by atoms with E-state index in [0.29, 0.717) is 28.4 Å². The smallest absolute Gasteiger partial charge is 0.262 e. The predicted octanol–water partition coefficient (Wildman–Crippen LogP) is 4.21. The molecule has 0 aliphatic carbocycles. The lowest BCUT2D eigenvalue weighted by Crippen LogP contribution is -2.26. The van der Waals surface area contributed by atoms with E-state index in [2.05, 4.69) is 27.8 Å². The summed E-state index contributed by atoms with van der Waals surface area (Å²) in [6, 6.07) is 5.57. The number of rotatable bonds is 7. The molecule has 0 radical (unpaired) electrons. The van der Waals surface area contributed by atoms with Crippen LogP contribution in [-0.2, 0) is 6.54 Å². The van der Waals surface area contributed by atoms with Gasteiger partial charge < -0.3 is 5.11 Å². The molecule has 0 fully saturated rings. The molecule has 2 aromatic rings. The van der Waals surface area contributed by atoms with Crippen LogP contribution in [0.4, 0.5) is 0 Å². The Morgan fingerprint density at radius 3 is 2.74 bits per heavy atom. The van der Waals surface area contributed by atoms with Gasteiger partial charge >= 0.3 is 0 Å². The molecule has 1 aromatic carbocycles. The maximum atomic E-state index is 12.8. The van der Waals surface area contributed by atoms with Gasteiger partial charge in [-0.25, -0.2) is 4.98 Å². The van der Waals surface area contributed by atoms with Gasteiger partial charge in [-0.1, -0.05) is 47.5 Å². The first kappa shape index (κ1) is 18.5. The third-order valence-corrected chi connectivity index (χ3v) is 5.33. The highest BCUT2D eigenvalue weighted by atomic mass is 79.9. The highest BCUT2D eigenvalue weighted by Crippen LogP contribution is 2.23. The van der Waals surface area contributed by atoms with Gasteiger partial charge in [0.15, 0.2) is 5.16 Å². The van der Waals surface area contributed by atoms with Gasteiger partial charge in [0.1, 0.15) is 0 Å². The summed E-state index contributed by atoms with van der Waals surface area (Å²) >= 11 is 4.85. The SMILES string of the molecule is CCCCCn1c(SCC(C)(C)O)nc2ccc(Br)cc2c1=O. The number of unbranched alkanes of at least 4 members (excludes halogenated alkanes) is 2. The summed E-state index contributed by atoms with van der Waals surface area (Å²) in [5, 5.41) is 11.3. The Morgan fingerprint density at radius 1 is 1.35 bits per heavy atom. The number of fused-ring (bicyclic) bond motifs is 1. The van der Waals surface area contributed by atoms with Crippen LogP contribution in [0.3, 0.4) is 0 Å². The lowest BCUT2D eigenvalue weighted by Gasteiger charge is -2.18. The maximum Gasteiger partial charge on any atom is 0.262 e. The normalized spacial score (nSPS) is 12.0. The zero-order valence-electron chi connectivity index (χ0n) is 13.8. The molecule has 0 aliphatic heterocycles. The van der Waals surface area contributed by atoms with E-state index in [1.165, 1.54) is 11.8 Å². The summed E-state index contributed by atoms with van der Waals surface area (Å²) in [6.45, 7) is 6.33. The second-order valence-corrected chi connectivity index (χ2v) is 8.18. The number of thioether (sulfide) groups is 1. The summed E-state index contributed by atoms with van der Waals surface area (Å²) in [4.78, 5) is 17.5. The van der Waals surface area contributed by atoms with Crippen molar-refractivity contribution in [2.75, 3.05) is 5.75 Å². The van der Waals surface area contributed by atoms with Crippen molar-refractivity contribution >= 4 is 38.6 Å². The Hall–Kier alpha value is -0.850. The van der Waals surface area contributed by atoms with Crippen LogP contribution in [0.1, 0.15) is 40.0 Å². The van der Waals surface area contributed by atoms with E-state index in [4.69, 9.17) is 0 Å². The molecule has 6 heteroatoms. The van der Waals surface area contributed by atoms with Crippen molar-refractivity contribution in [3.63, 3.8) is 0 Å². The number of aliphatic hydroxyl groups is 1. The highest BCUT2D eigenvalue weighted by Gasteiger charge is 2.17. The van der Waals surface area contributed by atoms with Crippen LogP contribution in [0.5, 0.6) is 0 Å². The average Bonchev–Trinajstić information content (AvgIpc) is 2.47. The molecule has 0 saturated heterocycles. The van der Waals surface area contributed by atoms with Gasteiger partial charge in [-0.2, -0.15) is 0 Å². The van der Waals surface area contributed by atoms with E-state index in [1.54, 1.807) is 18.4 Å². The zero-order valence-corrected chi connectivity index (χ0v) is 16.2. The van der Waals surface area contributed by atoms with Gasteiger partial charge in [0.05, 0.1) is 16.5 Å². The number of halogens is 1. The maximum absolute atomic E-state index is 12.8. The quantitative estimate of drug-likeness (QED) is 0.431. The Kier molecular flexibility index (Phi) is 6.28. The van der Waals surface area contributed by atoms with Crippen molar-refractivity contribution in [3.05, 3.63) is 33.0 Å². The van der Waals surface area contributed by atoms with Crippen LogP contribution >= 0.6 is 27.7 Å². The fourth-order valence-corrected chi connectivity index (χ4v) is 3.58. The first-order valence-electron chi connectivity index (χ1n) is 7.87. The minimum atomic E-state index is -0.800. The molecule has 0 amide bonds. The molecule has 4 nitrogen and oxygen atoms in total. The molecule has 0 saturated carbocycles. The molecular formula is C17H23BrN2O2S. The van der Waals surface area contributed by atoms with E-state index in [-0.39, 0.29) is 5.56 Å². The molecule has 0 bridgehead atoms. The average molecular weight is 399 g/mol. The molecule has 2 rings (SSSR count). The third-order valence-electron chi connectivity index (χ3n) is 3.42. The first-order valence-corrected chi connectivity index (χ1v) is 9.65. The van der Waals surface area contributed by atoms with Gasteiger partial charge in [-0.3, -0.25) is 9.36 Å². The largest absolute Gasteiger partial charge is 0.390 e. The lowest BCUT2D eigenvalue weighted by molar-refractivity contribution is 0.107. The molecule has 1 aromatic heterocycles. The number of aromatic nitrogens is 2. The first-order chi connectivity index (χ1) is 10.8. The summed E-state index contributed by atoms with van der Waals surface area (Å²) in [6.07, 6.45) is 3.14. The van der Waals surface area contributed by atoms with E-state index in [0.717, 1.165) is 23.7 Å². The number of hydrogen-bond donors (Lipinski definition) is 1.